The standard InChI is InChI=1S/C19H23N3O3/c1-12(10-16-4-3-9-25-16)20-19(24)21-13(2)14-5-7-17-15(11-14)6-8-18(23)22-17/h3-5,7,9,11-13H,6,8,10H2,1-2H3,(H,22,23)(H2,20,21,24)/t12-,13+/m1/s1. The second-order valence-corrected chi connectivity index (χ2v) is 6.49. The Kier molecular flexibility index (Phi) is 5.07. The molecule has 0 saturated carbocycles. The lowest BCUT2D eigenvalue weighted by Gasteiger charge is -2.21. The van der Waals surface area contributed by atoms with Crippen molar-refractivity contribution in [2.75, 3.05) is 5.32 Å². The zero-order valence-electron chi connectivity index (χ0n) is 14.5. The topological polar surface area (TPSA) is 83.4 Å². The largest absolute Gasteiger partial charge is 0.469 e. The summed E-state index contributed by atoms with van der Waals surface area (Å²) in [4.78, 5) is 23.6. The summed E-state index contributed by atoms with van der Waals surface area (Å²) in [7, 11) is 0. The van der Waals surface area contributed by atoms with Crippen LogP contribution >= 0.6 is 0 Å². The van der Waals surface area contributed by atoms with E-state index < -0.39 is 0 Å². The minimum absolute atomic E-state index is 0.0305. The van der Waals surface area contributed by atoms with Gasteiger partial charge in [-0.25, -0.2) is 4.79 Å². The quantitative estimate of drug-likeness (QED) is 0.781. The van der Waals surface area contributed by atoms with Crippen molar-refractivity contribution in [1.29, 1.82) is 0 Å². The molecule has 0 saturated heterocycles. The first-order chi connectivity index (χ1) is 12.0. The third kappa shape index (κ3) is 4.41. The van der Waals surface area contributed by atoms with Crippen LogP contribution in [0.1, 0.15) is 43.2 Å². The van der Waals surface area contributed by atoms with Gasteiger partial charge < -0.3 is 20.4 Å². The van der Waals surface area contributed by atoms with Gasteiger partial charge in [-0.15, -0.1) is 0 Å². The van der Waals surface area contributed by atoms with Crippen molar-refractivity contribution in [3.8, 4) is 0 Å². The molecule has 3 rings (SSSR count). The van der Waals surface area contributed by atoms with Gasteiger partial charge in [0.05, 0.1) is 12.3 Å². The molecule has 3 amide bonds. The van der Waals surface area contributed by atoms with E-state index in [9.17, 15) is 9.59 Å². The molecule has 2 atom stereocenters. The molecule has 132 valence electrons. The van der Waals surface area contributed by atoms with Crippen molar-refractivity contribution in [2.45, 2.75) is 45.2 Å². The molecule has 3 N–H and O–H groups in total. The number of rotatable bonds is 5. The molecule has 1 aromatic carbocycles. The molecular weight excluding hydrogens is 318 g/mol. The maximum absolute atomic E-state index is 12.2. The van der Waals surface area contributed by atoms with Crippen molar-refractivity contribution in [3.63, 3.8) is 0 Å². The van der Waals surface area contributed by atoms with Gasteiger partial charge in [0, 0.05) is 24.6 Å². The van der Waals surface area contributed by atoms with Gasteiger partial charge in [-0.2, -0.15) is 0 Å². The van der Waals surface area contributed by atoms with Crippen LogP contribution < -0.4 is 16.0 Å². The fraction of sp³-hybridized carbons (Fsp3) is 0.368. The Morgan fingerprint density at radius 1 is 1.24 bits per heavy atom. The molecule has 2 heterocycles. The van der Waals surface area contributed by atoms with Gasteiger partial charge in [-0.05, 0) is 49.6 Å². The molecule has 0 radical (unpaired) electrons. The summed E-state index contributed by atoms with van der Waals surface area (Å²) in [6, 6.07) is 9.24. The van der Waals surface area contributed by atoms with Gasteiger partial charge in [0.2, 0.25) is 5.91 Å². The minimum atomic E-state index is -0.211. The predicted octanol–water partition coefficient (Wildman–Crippen LogP) is 3.16. The van der Waals surface area contributed by atoms with E-state index in [1.807, 2.05) is 44.2 Å². The summed E-state index contributed by atoms with van der Waals surface area (Å²) in [5.41, 5.74) is 2.99. The first kappa shape index (κ1) is 17.1. The monoisotopic (exact) mass is 341 g/mol. The van der Waals surface area contributed by atoms with Crippen LogP contribution in [0.15, 0.2) is 41.0 Å². The third-order valence-electron chi connectivity index (χ3n) is 4.34. The highest BCUT2D eigenvalue weighted by molar-refractivity contribution is 5.93. The molecule has 1 aliphatic heterocycles. The van der Waals surface area contributed by atoms with Gasteiger partial charge in [-0.3, -0.25) is 4.79 Å². The Morgan fingerprint density at radius 2 is 2.08 bits per heavy atom. The zero-order valence-corrected chi connectivity index (χ0v) is 14.5. The molecular formula is C19H23N3O3. The third-order valence-corrected chi connectivity index (χ3v) is 4.34. The fourth-order valence-electron chi connectivity index (χ4n) is 3.00. The van der Waals surface area contributed by atoms with Gasteiger partial charge in [0.25, 0.3) is 0 Å². The van der Waals surface area contributed by atoms with Crippen LogP contribution in [-0.4, -0.2) is 18.0 Å². The second kappa shape index (κ2) is 7.42. The lowest BCUT2D eigenvalue weighted by atomic mass is 9.98. The van der Waals surface area contributed by atoms with Gasteiger partial charge in [0.1, 0.15) is 5.76 Å². The van der Waals surface area contributed by atoms with Crippen LogP contribution in [0.4, 0.5) is 10.5 Å². The smallest absolute Gasteiger partial charge is 0.315 e. The number of carbonyl (C=O) groups is 2. The van der Waals surface area contributed by atoms with Gasteiger partial charge in [-0.1, -0.05) is 12.1 Å². The number of furan rings is 1. The number of hydrogen-bond donors (Lipinski definition) is 3. The number of anilines is 1. The number of nitrogens with one attached hydrogen (secondary N) is 3. The highest BCUT2D eigenvalue weighted by atomic mass is 16.3. The molecule has 0 fully saturated rings. The van der Waals surface area contributed by atoms with Crippen LogP contribution in [0.5, 0.6) is 0 Å². The molecule has 0 bridgehead atoms. The van der Waals surface area contributed by atoms with Crippen molar-refractivity contribution in [1.82, 2.24) is 10.6 Å². The molecule has 0 spiro atoms. The number of amides is 3. The van der Waals surface area contributed by atoms with Crippen LogP contribution in [0.3, 0.4) is 0 Å². The summed E-state index contributed by atoms with van der Waals surface area (Å²) in [6.07, 6.45) is 3.51. The molecule has 6 nitrogen and oxygen atoms in total. The Bertz CT molecular complexity index is 755. The van der Waals surface area contributed by atoms with Crippen molar-refractivity contribution < 1.29 is 14.0 Å². The Morgan fingerprint density at radius 3 is 2.84 bits per heavy atom. The summed E-state index contributed by atoms with van der Waals surface area (Å²) in [6.45, 7) is 3.88. The van der Waals surface area contributed by atoms with Crippen LogP contribution in [0.2, 0.25) is 0 Å². The first-order valence-electron chi connectivity index (χ1n) is 8.53. The number of carbonyl (C=O) groups excluding carboxylic acids is 2. The van der Waals surface area contributed by atoms with Crippen LogP contribution in [0, 0.1) is 0 Å². The second-order valence-electron chi connectivity index (χ2n) is 6.49. The lowest BCUT2D eigenvalue weighted by Crippen LogP contribution is -2.42. The van der Waals surface area contributed by atoms with E-state index >= 15 is 0 Å². The van der Waals surface area contributed by atoms with Crippen molar-refractivity contribution in [2.24, 2.45) is 0 Å². The minimum Gasteiger partial charge on any atom is -0.469 e. The van der Waals surface area contributed by atoms with E-state index in [-0.39, 0.29) is 24.0 Å². The SMILES string of the molecule is C[C@H](Cc1ccco1)NC(=O)N[C@@H](C)c1ccc2c(c1)CCC(=O)N2. The summed E-state index contributed by atoms with van der Waals surface area (Å²) < 4.78 is 5.29. The average Bonchev–Trinajstić information content (AvgIpc) is 3.06. The number of hydrogen-bond acceptors (Lipinski definition) is 3. The average molecular weight is 341 g/mol. The highest BCUT2D eigenvalue weighted by Gasteiger charge is 2.17. The van der Waals surface area contributed by atoms with Crippen LogP contribution in [0.25, 0.3) is 0 Å². The number of benzene rings is 1. The molecule has 2 aromatic rings. The Balaban J connectivity index is 1.55. The maximum atomic E-state index is 12.2. The van der Waals surface area contributed by atoms with E-state index in [2.05, 4.69) is 16.0 Å². The first-order valence-corrected chi connectivity index (χ1v) is 8.53. The summed E-state index contributed by atoms with van der Waals surface area (Å²) >= 11 is 0. The fourth-order valence-corrected chi connectivity index (χ4v) is 3.00. The van der Waals surface area contributed by atoms with Crippen molar-refractivity contribution in [3.05, 3.63) is 53.5 Å². The summed E-state index contributed by atoms with van der Waals surface area (Å²) in [5, 5.41) is 8.74. The Labute approximate surface area is 147 Å². The molecule has 1 aliphatic rings. The van der Waals surface area contributed by atoms with E-state index in [0.29, 0.717) is 12.8 Å². The number of fused-ring (bicyclic) bond motifs is 1. The molecule has 0 unspecified atom stereocenters. The van der Waals surface area contributed by atoms with Gasteiger partial charge >= 0.3 is 6.03 Å². The highest BCUT2D eigenvalue weighted by Crippen LogP contribution is 2.26. The van der Waals surface area contributed by atoms with Crippen LogP contribution in [-0.2, 0) is 17.6 Å². The maximum Gasteiger partial charge on any atom is 0.315 e. The Hall–Kier alpha value is -2.76. The van der Waals surface area contributed by atoms with E-state index in [1.54, 1.807) is 6.26 Å². The normalized spacial score (nSPS) is 15.7. The predicted molar refractivity (Wildman–Crippen MR) is 95.3 cm³/mol. The number of aryl methyl sites for hydroxylation is 1. The molecule has 1 aromatic heterocycles. The van der Waals surface area contributed by atoms with E-state index in [1.165, 1.54) is 0 Å². The lowest BCUT2D eigenvalue weighted by molar-refractivity contribution is -0.116. The van der Waals surface area contributed by atoms with Gasteiger partial charge in [0.15, 0.2) is 0 Å². The molecule has 6 heteroatoms. The molecule has 0 aliphatic carbocycles. The van der Waals surface area contributed by atoms with E-state index in [0.717, 1.165) is 29.0 Å². The zero-order chi connectivity index (χ0) is 17.8. The number of urea groups is 1. The van der Waals surface area contributed by atoms with Crippen molar-refractivity contribution >= 4 is 17.6 Å². The molecule has 25 heavy (non-hydrogen) atoms. The van der Waals surface area contributed by atoms with E-state index in [4.69, 9.17) is 4.42 Å². The summed E-state index contributed by atoms with van der Waals surface area (Å²) in [5.74, 6) is 0.897.